The molecule has 21 heavy (non-hydrogen) atoms. The highest BCUT2D eigenvalue weighted by Gasteiger charge is 2.39. The molecule has 0 saturated heterocycles. The van der Waals surface area contributed by atoms with Crippen LogP contribution in [-0.2, 0) is 4.79 Å². The zero-order valence-electron chi connectivity index (χ0n) is 12.7. The molecule has 1 amide bonds. The van der Waals surface area contributed by atoms with Gasteiger partial charge in [-0.15, -0.1) is 0 Å². The van der Waals surface area contributed by atoms with Gasteiger partial charge in [0.05, 0.1) is 17.9 Å². The molecule has 3 unspecified atom stereocenters. The second kappa shape index (κ2) is 6.06. The van der Waals surface area contributed by atoms with Crippen LogP contribution in [0.1, 0.15) is 25.7 Å². The van der Waals surface area contributed by atoms with Crippen molar-refractivity contribution in [2.75, 3.05) is 31.2 Å². The maximum absolute atomic E-state index is 12.1. The van der Waals surface area contributed by atoms with E-state index in [2.05, 4.69) is 10.2 Å². The second-order valence-electron chi connectivity index (χ2n) is 6.77. The summed E-state index contributed by atoms with van der Waals surface area (Å²) < 4.78 is 0. The summed E-state index contributed by atoms with van der Waals surface area (Å²) in [5.41, 5.74) is 7.16. The number of carbonyl (C=O) groups excluding carboxylic acids is 1. The lowest BCUT2D eigenvalue weighted by atomic mass is 9.88. The first-order chi connectivity index (χ1) is 10.1. The van der Waals surface area contributed by atoms with Crippen molar-refractivity contribution in [2.24, 2.45) is 17.8 Å². The Morgan fingerprint density at radius 2 is 2.14 bits per heavy atom. The third kappa shape index (κ3) is 3.38. The van der Waals surface area contributed by atoms with Crippen molar-refractivity contribution in [3.63, 3.8) is 0 Å². The molecule has 0 aliphatic heterocycles. The van der Waals surface area contributed by atoms with Gasteiger partial charge in [-0.2, -0.15) is 0 Å². The standard InChI is InChI=1S/C17H25N3O/c1-20(10-14-9-12-6-7-13(14)8-12)11-17(21)19-16-5-3-2-4-15(16)18/h2-5,12-14H,6-11,18H2,1H3,(H,19,21). The first-order valence-electron chi connectivity index (χ1n) is 7.94. The zero-order valence-corrected chi connectivity index (χ0v) is 12.7. The van der Waals surface area contributed by atoms with E-state index in [1.807, 2.05) is 25.2 Å². The van der Waals surface area contributed by atoms with Gasteiger partial charge in [0.2, 0.25) is 5.91 Å². The van der Waals surface area contributed by atoms with Crippen molar-refractivity contribution in [2.45, 2.75) is 25.7 Å². The van der Waals surface area contributed by atoms with Gasteiger partial charge >= 0.3 is 0 Å². The molecule has 1 aromatic rings. The van der Waals surface area contributed by atoms with Crippen LogP contribution in [0.3, 0.4) is 0 Å². The molecule has 0 heterocycles. The molecule has 3 N–H and O–H groups in total. The summed E-state index contributed by atoms with van der Waals surface area (Å²) in [5, 5.41) is 2.89. The number of anilines is 2. The van der Waals surface area contributed by atoms with Crippen LogP contribution >= 0.6 is 0 Å². The normalized spacial score (nSPS) is 27.2. The van der Waals surface area contributed by atoms with Gasteiger partial charge in [0.1, 0.15) is 0 Å². The Bertz CT molecular complexity index is 517. The van der Waals surface area contributed by atoms with E-state index in [1.165, 1.54) is 25.7 Å². The van der Waals surface area contributed by atoms with E-state index in [1.54, 1.807) is 6.07 Å². The van der Waals surface area contributed by atoms with E-state index < -0.39 is 0 Å². The van der Waals surface area contributed by atoms with E-state index in [0.717, 1.165) is 24.3 Å². The van der Waals surface area contributed by atoms with Crippen LogP contribution in [0.15, 0.2) is 24.3 Å². The Hall–Kier alpha value is -1.55. The SMILES string of the molecule is CN(CC(=O)Nc1ccccc1N)CC1CC2CCC1C2. The molecule has 4 nitrogen and oxygen atoms in total. The summed E-state index contributed by atoms with van der Waals surface area (Å²) in [4.78, 5) is 14.3. The molecule has 114 valence electrons. The Kier molecular flexibility index (Phi) is 4.15. The van der Waals surface area contributed by atoms with Crippen molar-refractivity contribution in [1.29, 1.82) is 0 Å². The van der Waals surface area contributed by atoms with E-state index in [4.69, 9.17) is 5.73 Å². The van der Waals surface area contributed by atoms with Gasteiger partial charge in [-0.1, -0.05) is 18.6 Å². The number of nitrogen functional groups attached to an aromatic ring is 1. The summed E-state index contributed by atoms with van der Waals surface area (Å²) in [6.07, 6.45) is 5.61. The smallest absolute Gasteiger partial charge is 0.238 e. The number of benzene rings is 1. The molecule has 1 aromatic carbocycles. The zero-order chi connectivity index (χ0) is 14.8. The predicted octanol–water partition coefficient (Wildman–Crippen LogP) is 2.58. The predicted molar refractivity (Wildman–Crippen MR) is 85.9 cm³/mol. The van der Waals surface area contributed by atoms with Crippen molar-refractivity contribution in [1.82, 2.24) is 4.90 Å². The minimum atomic E-state index is 0.0126. The summed E-state index contributed by atoms with van der Waals surface area (Å²) >= 11 is 0. The van der Waals surface area contributed by atoms with Crippen LogP contribution in [0.25, 0.3) is 0 Å². The number of hydrogen-bond donors (Lipinski definition) is 2. The highest BCUT2D eigenvalue weighted by atomic mass is 16.2. The van der Waals surface area contributed by atoms with Gasteiger partial charge in [-0.3, -0.25) is 9.69 Å². The number of fused-ring (bicyclic) bond motifs is 2. The monoisotopic (exact) mass is 287 g/mol. The Morgan fingerprint density at radius 3 is 2.81 bits per heavy atom. The fourth-order valence-corrected chi connectivity index (χ4v) is 4.11. The third-order valence-electron chi connectivity index (χ3n) is 5.08. The molecule has 4 heteroatoms. The highest BCUT2D eigenvalue weighted by molar-refractivity contribution is 5.95. The number of nitrogens with two attached hydrogens (primary N) is 1. The summed E-state index contributed by atoms with van der Waals surface area (Å²) in [5.74, 6) is 2.68. The number of carbonyl (C=O) groups is 1. The van der Waals surface area contributed by atoms with E-state index in [9.17, 15) is 4.79 Å². The molecule has 2 bridgehead atoms. The highest BCUT2D eigenvalue weighted by Crippen LogP contribution is 2.48. The van der Waals surface area contributed by atoms with Gasteiger partial charge < -0.3 is 11.1 Å². The van der Waals surface area contributed by atoms with Gasteiger partial charge in [0, 0.05) is 6.54 Å². The Labute approximate surface area is 126 Å². The number of para-hydroxylation sites is 2. The largest absolute Gasteiger partial charge is 0.397 e. The second-order valence-corrected chi connectivity index (χ2v) is 6.77. The fourth-order valence-electron chi connectivity index (χ4n) is 4.11. The lowest BCUT2D eigenvalue weighted by molar-refractivity contribution is -0.117. The molecule has 0 aromatic heterocycles. The number of rotatable bonds is 5. The maximum Gasteiger partial charge on any atom is 0.238 e. The van der Waals surface area contributed by atoms with Crippen LogP contribution in [0, 0.1) is 17.8 Å². The van der Waals surface area contributed by atoms with Crippen LogP contribution < -0.4 is 11.1 Å². The lowest BCUT2D eigenvalue weighted by Crippen LogP contribution is -2.35. The summed E-state index contributed by atoms with van der Waals surface area (Å²) in [7, 11) is 2.04. The van der Waals surface area contributed by atoms with Crippen molar-refractivity contribution in [3.8, 4) is 0 Å². The molecule has 0 radical (unpaired) electrons. The van der Waals surface area contributed by atoms with Gasteiger partial charge in [0.15, 0.2) is 0 Å². The average molecular weight is 287 g/mol. The molecule has 2 aliphatic rings. The van der Waals surface area contributed by atoms with E-state index in [-0.39, 0.29) is 5.91 Å². The molecule has 2 fully saturated rings. The Morgan fingerprint density at radius 1 is 1.33 bits per heavy atom. The maximum atomic E-state index is 12.1. The summed E-state index contributed by atoms with van der Waals surface area (Å²) in [6, 6.07) is 7.38. The van der Waals surface area contributed by atoms with E-state index >= 15 is 0 Å². The van der Waals surface area contributed by atoms with Gasteiger partial charge in [-0.05, 0) is 56.2 Å². The van der Waals surface area contributed by atoms with Gasteiger partial charge in [-0.25, -0.2) is 0 Å². The van der Waals surface area contributed by atoms with E-state index in [0.29, 0.717) is 17.9 Å². The first-order valence-corrected chi connectivity index (χ1v) is 7.94. The van der Waals surface area contributed by atoms with Crippen LogP contribution in [0.2, 0.25) is 0 Å². The number of amides is 1. The number of nitrogens with one attached hydrogen (secondary N) is 1. The molecule has 2 aliphatic carbocycles. The van der Waals surface area contributed by atoms with Gasteiger partial charge in [0.25, 0.3) is 0 Å². The number of nitrogens with zero attached hydrogens (tertiary/aromatic N) is 1. The number of likely N-dealkylation sites (N-methyl/N-ethyl adjacent to an activating group) is 1. The molecule has 3 atom stereocenters. The molecule has 2 saturated carbocycles. The lowest BCUT2D eigenvalue weighted by Gasteiger charge is -2.26. The minimum Gasteiger partial charge on any atom is -0.397 e. The summed E-state index contributed by atoms with van der Waals surface area (Å²) in [6.45, 7) is 1.47. The minimum absolute atomic E-state index is 0.0126. The molecular weight excluding hydrogens is 262 g/mol. The average Bonchev–Trinajstić information content (AvgIpc) is 3.03. The quantitative estimate of drug-likeness (QED) is 0.818. The van der Waals surface area contributed by atoms with Crippen LogP contribution in [-0.4, -0.2) is 30.9 Å². The topological polar surface area (TPSA) is 58.4 Å². The molecule has 3 rings (SSSR count). The van der Waals surface area contributed by atoms with Crippen LogP contribution in [0.5, 0.6) is 0 Å². The van der Waals surface area contributed by atoms with Crippen molar-refractivity contribution in [3.05, 3.63) is 24.3 Å². The van der Waals surface area contributed by atoms with Crippen molar-refractivity contribution < 1.29 is 4.79 Å². The third-order valence-corrected chi connectivity index (χ3v) is 5.08. The first kappa shape index (κ1) is 14.4. The fraction of sp³-hybridized carbons (Fsp3) is 0.588. The Balaban J connectivity index is 1.47. The van der Waals surface area contributed by atoms with Crippen LogP contribution in [0.4, 0.5) is 11.4 Å². The van der Waals surface area contributed by atoms with Crippen molar-refractivity contribution >= 4 is 17.3 Å². The molecule has 0 spiro atoms. The molecular formula is C17H25N3O. The number of hydrogen-bond acceptors (Lipinski definition) is 3.